The van der Waals surface area contributed by atoms with E-state index in [2.05, 4.69) is 19.1 Å². The summed E-state index contributed by atoms with van der Waals surface area (Å²) in [6.07, 6.45) is 0.954. The lowest BCUT2D eigenvalue weighted by molar-refractivity contribution is 0.0851. The monoisotopic (exact) mass is 251 g/mol. The molecular weight excluding hydrogens is 234 g/mol. The third-order valence-corrected chi connectivity index (χ3v) is 3.99. The predicted molar refractivity (Wildman–Crippen MR) is 75.9 cm³/mol. The van der Waals surface area contributed by atoms with Crippen LogP contribution in [0.1, 0.15) is 29.3 Å². The van der Waals surface area contributed by atoms with E-state index in [0.29, 0.717) is 0 Å². The van der Waals surface area contributed by atoms with Crippen LogP contribution in [-0.2, 0) is 5.54 Å². The number of hydrogen-bond acceptors (Lipinski definition) is 1. The average molecular weight is 251 g/mol. The molecule has 1 aliphatic heterocycles. The summed E-state index contributed by atoms with van der Waals surface area (Å²) in [6.45, 7) is 2.96. The SMILES string of the molecule is CCC1(c2ccccc2)CN1C(=O)c1ccccc1. The zero-order valence-electron chi connectivity index (χ0n) is 11.0. The van der Waals surface area contributed by atoms with Crippen molar-refractivity contribution in [2.24, 2.45) is 0 Å². The first-order chi connectivity index (χ1) is 9.28. The number of rotatable bonds is 3. The smallest absolute Gasteiger partial charge is 0.254 e. The summed E-state index contributed by atoms with van der Waals surface area (Å²) in [4.78, 5) is 14.5. The maximum absolute atomic E-state index is 12.5. The lowest BCUT2D eigenvalue weighted by Crippen LogP contribution is -2.21. The number of amides is 1. The van der Waals surface area contributed by atoms with Crippen LogP contribution >= 0.6 is 0 Å². The van der Waals surface area contributed by atoms with E-state index < -0.39 is 0 Å². The van der Waals surface area contributed by atoms with Crippen molar-refractivity contribution in [2.45, 2.75) is 18.9 Å². The Morgan fingerprint density at radius 1 is 1.05 bits per heavy atom. The first-order valence-corrected chi connectivity index (χ1v) is 6.70. The number of carbonyl (C=O) groups excluding carboxylic acids is 1. The van der Waals surface area contributed by atoms with E-state index in [4.69, 9.17) is 0 Å². The fourth-order valence-electron chi connectivity index (χ4n) is 2.73. The second-order valence-corrected chi connectivity index (χ2v) is 5.01. The third kappa shape index (κ3) is 1.93. The summed E-state index contributed by atoms with van der Waals surface area (Å²) in [5.74, 6) is 0.131. The Bertz CT molecular complexity index is 579. The second-order valence-electron chi connectivity index (χ2n) is 5.01. The lowest BCUT2D eigenvalue weighted by atomic mass is 9.96. The van der Waals surface area contributed by atoms with Crippen LogP contribution in [0.4, 0.5) is 0 Å². The van der Waals surface area contributed by atoms with Crippen LogP contribution in [0.15, 0.2) is 60.7 Å². The van der Waals surface area contributed by atoms with Gasteiger partial charge in [-0.2, -0.15) is 0 Å². The van der Waals surface area contributed by atoms with Crippen LogP contribution in [0.2, 0.25) is 0 Å². The molecule has 0 radical (unpaired) electrons. The van der Waals surface area contributed by atoms with Gasteiger partial charge in [-0.05, 0) is 24.1 Å². The van der Waals surface area contributed by atoms with Gasteiger partial charge in [-0.3, -0.25) is 4.79 Å². The van der Waals surface area contributed by atoms with Gasteiger partial charge in [0.05, 0.1) is 5.54 Å². The summed E-state index contributed by atoms with van der Waals surface area (Å²) in [5.41, 5.74) is 1.92. The Balaban J connectivity index is 1.88. The van der Waals surface area contributed by atoms with E-state index >= 15 is 0 Å². The van der Waals surface area contributed by atoms with Gasteiger partial charge in [0, 0.05) is 12.1 Å². The molecule has 1 saturated heterocycles. The maximum atomic E-state index is 12.5. The van der Waals surface area contributed by atoms with Gasteiger partial charge in [0.1, 0.15) is 0 Å². The highest BCUT2D eigenvalue weighted by Gasteiger charge is 2.54. The molecule has 1 heterocycles. The number of nitrogens with zero attached hydrogens (tertiary/aromatic N) is 1. The highest BCUT2D eigenvalue weighted by molar-refractivity contribution is 5.96. The summed E-state index contributed by atoms with van der Waals surface area (Å²) < 4.78 is 0. The molecule has 19 heavy (non-hydrogen) atoms. The second kappa shape index (κ2) is 4.54. The van der Waals surface area contributed by atoms with E-state index in [1.165, 1.54) is 5.56 Å². The molecule has 2 aromatic rings. The minimum Gasteiger partial charge on any atom is -0.324 e. The number of benzene rings is 2. The molecule has 0 bridgehead atoms. The molecule has 3 rings (SSSR count). The first-order valence-electron chi connectivity index (χ1n) is 6.70. The standard InChI is InChI=1S/C17H17NO/c1-2-17(15-11-7-4-8-12-15)13-18(17)16(19)14-9-5-3-6-10-14/h3-12H,2,13H2,1H3. The van der Waals surface area contributed by atoms with Crippen LogP contribution in [0, 0.1) is 0 Å². The average Bonchev–Trinajstić information content (AvgIpc) is 3.24. The predicted octanol–water partition coefficient (Wildman–Crippen LogP) is 3.45. The van der Waals surface area contributed by atoms with Gasteiger partial charge in [0.15, 0.2) is 0 Å². The number of hydrogen-bond donors (Lipinski definition) is 0. The molecule has 0 aromatic heterocycles. The van der Waals surface area contributed by atoms with Gasteiger partial charge in [-0.15, -0.1) is 0 Å². The highest BCUT2D eigenvalue weighted by atomic mass is 16.2. The quantitative estimate of drug-likeness (QED) is 0.765. The van der Waals surface area contributed by atoms with Gasteiger partial charge >= 0.3 is 0 Å². The van der Waals surface area contributed by atoms with E-state index in [1.807, 2.05) is 53.4 Å². The van der Waals surface area contributed by atoms with Crippen molar-refractivity contribution in [2.75, 3.05) is 6.54 Å². The molecule has 1 atom stereocenters. The summed E-state index contributed by atoms with van der Waals surface area (Å²) in [6, 6.07) is 19.8. The van der Waals surface area contributed by atoms with Crippen molar-refractivity contribution >= 4 is 5.91 Å². The van der Waals surface area contributed by atoms with Crippen molar-refractivity contribution < 1.29 is 4.79 Å². The van der Waals surface area contributed by atoms with Gasteiger partial charge in [-0.25, -0.2) is 0 Å². The fraction of sp³-hybridized carbons (Fsp3) is 0.235. The zero-order valence-corrected chi connectivity index (χ0v) is 11.0. The molecule has 0 spiro atoms. The summed E-state index contributed by atoms with van der Waals surface area (Å²) >= 11 is 0. The molecule has 1 unspecified atom stereocenters. The molecular formula is C17H17NO. The van der Waals surface area contributed by atoms with E-state index in [9.17, 15) is 4.79 Å². The molecule has 2 heteroatoms. The summed E-state index contributed by atoms with van der Waals surface area (Å²) in [7, 11) is 0. The molecule has 0 N–H and O–H groups in total. The van der Waals surface area contributed by atoms with Crippen LogP contribution in [0.3, 0.4) is 0 Å². The molecule has 1 aliphatic rings. The van der Waals surface area contributed by atoms with Crippen LogP contribution in [0.5, 0.6) is 0 Å². The Hall–Kier alpha value is -2.09. The normalized spacial score (nSPS) is 21.2. The third-order valence-electron chi connectivity index (χ3n) is 3.99. The Labute approximate surface area is 113 Å². The topological polar surface area (TPSA) is 20.1 Å². The maximum Gasteiger partial charge on any atom is 0.254 e. The fourth-order valence-corrected chi connectivity index (χ4v) is 2.73. The molecule has 1 fully saturated rings. The minimum atomic E-state index is -0.0891. The van der Waals surface area contributed by atoms with Crippen molar-refractivity contribution in [3.05, 3.63) is 71.8 Å². The van der Waals surface area contributed by atoms with Gasteiger partial charge in [0.25, 0.3) is 5.91 Å². The van der Waals surface area contributed by atoms with Crippen molar-refractivity contribution in [3.63, 3.8) is 0 Å². The first kappa shape index (κ1) is 12.0. The van der Waals surface area contributed by atoms with Gasteiger partial charge in [0.2, 0.25) is 0 Å². The molecule has 96 valence electrons. The minimum absolute atomic E-state index is 0.0891. The van der Waals surface area contributed by atoms with Crippen LogP contribution in [-0.4, -0.2) is 17.4 Å². The van der Waals surface area contributed by atoms with Crippen molar-refractivity contribution in [1.82, 2.24) is 4.90 Å². The number of carbonyl (C=O) groups is 1. The van der Waals surface area contributed by atoms with E-state index in [-0.39, 0.29) is 11.4 Å². The Morgan fingerprint density at radius 2 is 1.63 bits per heavy atom. The van der Waals surface area contributed by atoms with Gasteiger partial charge in [-0.1, -0.05) is 55.5 Å². The Kier molecular flexibility index (Phi) is 2.86. The van der Waals surface area contributed by atoms with E-state index in [1.54, 1.807) is 0 Å². The molecule has 2 nitrogen and oxygen atoms in total. The zero-order chi connectivity index (χ0) is 13.3. The summed E-state index contributed by atoms with van der Waals surface area (Å²) in [5, 5.41) is 0. The van der Waals surface area contributed by atoms with E-state index in [0.717, 1.165) is 18.5 Å². The van der Waals surface area contributed by atoms with Crippen molar-refractivity contribution in [3.8, 4) is 0 Å². The van der Waals surface area contributed by atoms with Crippen LogP contribution in [0.25, 0.3) is 0 Å². The highest BCUT2D eigenvalue weighted by Crippen LogP contribution is 2.46. The molecule has 2 aromatic carbocycles. The molecule has 1 amide bonds. The lowest BCUT2D eigenvalue weighted by Gasteiger charge is -2.16. The largest absolute Gasteiger partial charge is 0.324 e. The molecule has 0 saturated carbocycles. The van der Waals surface area contributed by atoms with Crippen LogP contribution < -0.4 is 0 Å². The van der Waals surface area contributed by atoms with Crippen molar-refractivity contribution in [1.29, 1.82) is 0 Å². The molecule has 0 aliphatic carbocycles. The Morgan fingerprint density at radius 3 is 2.21 bits per heavy atom. The van der Waals surface area contributed by atoms with Gasteiger partial charge < -0.3 is 4.90 Å².